The first-order valence-electron chi connectivity index (χ1n) is 4.95. The lowest BCUT2D eigenvalue weighted by Crippen LogP contribution is -2.20. The van der Waals surface area contributed by atoms with Crippen LogP contribution >= 0.6 is 0 Å². The largest absolute Gasteiger partial charge is 0.324 e. The van der Waals surface area contributed by atoms with Crippen molar-refractivity contribution in [1.29, 1.82) is 0 Å². The first kappa shape index (κ1) is 10.5. The van der Waals surface area contributed by atoms with E-state index in [1.54, 1.807) is 19.2 Å². The summed E-state index contributed by atoms with van der Waals surface area (Å²) in [7, 11) is 0. The minimum atomic E-state index is -0.325. The third-order valence-corrected chi connectivity index (χ3v) is 2.25. The fourth-order valence-electron chi connectivity index (χ4n) is 1.40. The minimum absolute atomic E-state index is 0.255. The van der Waals surface area contributed by atoms with Crippen LogP contribution in [0.3, 0.4) is 0 Å². The molecule has 0 bridgehead atoms. The van der Waals surface area contributed by atoms with Crippen LogP contribution in [0.5, 0.6) is 0 Å². The summed E-state index contributed by atoms with van der Waals surface area (Å²) in [6, 6.07) is 6.86. The van der Waals surface area contributed by atoms with Gasteiger partial charge < -0.3 is 5.73 Å². The van der Waals surface area contributed by atoms with E-state index < -0.39 is 0 Å². The molecular weight excluding hydrogens is 204 g/mol. The quantitative estimate of drug-likeness (QED) is 0.779. The zero-order valence-corrected chi connectivity index (χ0v) is 8.84. The maximum Gasteiger partial charge on any atom is 0.268 e. The zero-order chi connectivity index (χ0) is 11.5. The molecular formula is C11H12N4O. The Morgan fingerprint density at radius 1 is 1.38 bits per heavy atom. The Morgan fingerprint density at radius 3 is 2.81 bits per heavy atom. The molecule has 0 fully saturated rings. The molecule has 0 aliphatic heterocycles. The van der Waals surface area contributed by atoms with Crippen LogP contribution in [0.1, 0.15) is 18.5 Å². The van der Waals surface area contributed by atoms with E-state index in [0.717, 1.165) is 0 Å². The number of nitrogens with zero attached hydrogens (tertiary/aromatic N) is 2. The molecule has 0 aliphatic carbocycles. The molecule has 5 heteroatoms. The number of aromatic nitrogens is 3. The molecule has 2 aromatic heterocycles. The fourth-order valence-corrected chi connectivity index (χ4v) is 1.40. The van der Waals surface area contributed by atoms with Crippen LogP contribution in [0, 0.1) is 0 Å². The van der Waals surface area contributed by atoms with E-state index in [-0.39, 0.29) is 11.6 Å². The summed E-state index contributed by atoms with van der Waals surface area (Å²) in [5.41, 5.74) is 7.28. The summed E-state index contributed by atoms with van der Waals surface area (Å²) in [6.07, 6.45) is 1.67. The van der Waals surface area contributed by atoms with Gasteiger partial charge in [-0.25, -0.2) is 5.10 Å². The van der Waals surface area contributed by atoms with Crippen molar-refractivity contribution in [3.63, 3.8) is 0 Å². The Balaban J connectivity index is 2.52. The highest BCUT2D eigenvalue weighted by atomic mass is 16.1. The standard InChI is InChI=1S/C11H12N4O/c1-7(12)8-6-10(14-15-11(8)16)9-4-2-3-5-13-9/h2-7H,12H2,1H3,(H,15,16). The average Bonchev–Trinajstić information content (AvgIpc) is 2.30. The summed E-state index contributed by atoms with van der Waals surface area (Å²) >= 11 is 0. The predicted octanol–water partition coefficient (Wildman–Crippen LogP) is 0.852. The first-order valence-corrected chi connectivity index (χ1v) is 4.95. The Morgan fingerprint density at radius 2 is 2.19 bits per heavy atom. The van der Waals surface area contributed by atoms with Gasteiger partial charge >= 0.3 is 0 Å². The monoisotopic (exact) mass is 216 g/mol. The van der Waals surface area contributed by atoms with Crippen LogP contribution in [-0.2, 0) is 0 Å². The van der Waals surface area contributed by atoms with Gasteiger partial charge in [-0.15, -0.1) is 0 Å². The molecule has 16 heavy (non-hydrogen) atoms. The van der Waals surface area contributed by atoms with Gasteiger partial charge in [0.15, 0.2) is 0 Å². The third-order valence-electron chi connectivity index (χ3n) is 2.25. The highest BCUT2D eigenvalue weighted by Gasteiger charge is 2.08. The van der Waals surface area contributed by atoms with Crippen LogP contribution in [0.25, 0.3) is 11.4 Å². The molecule has 0 aliphatic rings. The number of rotatable bonds is 2. The summed E-state index contributed by atoms with van der Waals surface area (Å²) in [5.74, 6) is 0. The lowest BCUT2D eigenvalue weighted by Gasteiger charge is -2.05. The van der Waals surface area contributed by atoms with E-state index in [4.69, 9.17) is 5.73 Å². The predicted molar refractivity (Wildman–Crippen MR) is 60.7 cm³/mol. The van der Waals surface area contributed by atoms with Gasteiger partial charge in [-0.3, -0.25) is 9.78 Å². The van der Waals surface area contributed by atoms with Crippen molar-refractivity contribution in [2.24, 2.45) is 5.73 Å². The smallest absolute Gasteiger partial charge is 0.268 e. The van der Waals surface area contributed by atoms with Crippen LogP contribution < -0.4 is 11.3 Å². The van der Waals surface area contributed by atoms with Gasteiger partial charge in [0.2, 0.25) is 0 Å². The van der Waals surface area contributed by atoms with E-state index in [1.807, 2.05) is 18.2 Å². The number of nitrogens with one attached hydrogen (secondary N) is 1. The normalized spacial score (nSPS) is 12.4. The minimum Gasteiger partial charge on any atom is -0.324 e. The highest BCUT2D eigenvalue weighted by Crippen LogP contribution is 2.14. The summed E-state index contributed by atoms with van der Waals surface area (Å²) in [5, 5.41) is 6.36. The van der Waals surface area contributed by atoms with Crippen molar-refractivity contribution in [2.45, 2.75) is 13.0 Å². The van der Waals surface area contributed by atoms with Crippen molar-refractivity contribution in [1.82, 2.24) is 15.2 Å². The Labute approximate surface area is 92.3 Å². The summed E-state index contributed by atoms with van der Waals surface area (Å²) in [4.78, 5) is 15.6. The highest BCUT2D eigenvalue weighted by molar-refractivity contribution is 5.53. The molecule has 0 amide bonds. The van der Waals surface area contributed by atoms with Crippen molar-refractivity contribution in [3.05, 3.63) is 46.4 Å². The second kappa shape index (κ2) is 4.24. The number of pyridine rings is 1. The van der Waals surface area contributed by atoms with E-state index in [9.17, 15) is 4.79 Å². The number of nitrogens with two attached hydrogens (primary N) is 1. The van der Waals surface area contributed by atoms with E-state index in [1.165, 1.54) is 0 Å². The Hall–Kier alpha value is -2.01. The van der Waals surface area contributed by atoms with Crippen LogP contribution in [0.2, 0.25) is 0 Å². The molecule has 3 N–H and O–H groups in total. The van der Waals surface area contributed by atoms with Crippen LogP contribution in [-0.4, -0.2) is 15.2 Å². The lowest BCUT2D eigenvalue weighted by atomic mass is 10.1. The van der Waals surface area contributed by atoms with Crippen molar-refractivity contribution in [2.75, 3.05) is 0 Å². The molecule has 0 aromatic carbocycles. The first-order chi connectivity index (χ1) is 7.68. The Bertz CT molecular complexity index is 533. The molecule has 0 saturated heterocycles. The molecule has 5 nitrogen and oxygen atoms in total. The van der Waals surface area contributed by atoms with Gasteiger partial charge in [0, 0.05) is 17.8 Å². The number of aromatic amines is 1. The van der Waals surface area contributed by atoms with Crippen molar-refractivity contribution >= 4 is 0 Å². The van der Waals surface area contributed by atoms with Crippen molar-refractivity contribution < 1.29 is 0 Å². The topological polar surface area (TPSA) is 84.7 Å². The number of hydrogen-bond acceptors (Lipinski definition) is 4. The van der Waals surface area contributed by atoms with E-state index in [2.05, 4.69) is 15.2 Å². The zero-order valence-electron chi connectivity index (χ0n) is 8.84. The van der Waals surface area contributed by atoms with Crippen molar-refractivity contribution in [3.8, 4) is 11.4 Å². The van der Waals surface area contributed by atoms with E-state index >= 15 is 0 Å². The maximum absolute atomic E-state index is 11.4. The second-order valence-electron chi connectivity index (χ2n) is 3.54. The molecule has 1 atom stereocenters. The lowest BCUT2D eigenvalue weighted by molar-refractivity contribution is 0.785. The third kappa shape index (κ3) is 1.99. The molecule has 0 radical (unpaired) electrons. The summed E-state index contributed by atoms with van der Waals surface area (Å²) < 4.78 is 0. The SMILES string of the molecule is CC(N)c1cc(-c2ccccn2)n[nH]c1=O. The van der Waals surface area contributed by atoms with E-state index in [0.29, 0.717) is 17.0 Å². The Kier molecular flexibility index (Phi) is 2.78. The molecule has 0 saturated carbocycles. The average molecular weight is 216 g/mol. The molecule has 1 unspecified atom stereocenters. The van der Waals surface area contributed by atoms with Gasteiger partial charge in [-0.1, -0.05) is 6.07 Å². The van der Waals surface area contributed by atoms with Gasteiger partial charge in [-0.2, -0.15) is 5.10 Å². The molecule has 2 heterocycles. The molecule has 82 valence electrons. The number of hydrogen-bond donors (Lipinski definition) is 2. The summed E-state index contributed by atoms with van der Waals surface area (Å²) in [6.45, 7) is 1.76. The molecule has 0 spiro atoms. The van der Waals surface area contributed by atoms with Gasteiger partial charge in [0.05, 0.1) is 5.69 Å². The van der Waals surface area contributed by atoms with Gasteiger partial charge in [0.25, 0.3) is 5.56 Å². The van der Waals surface area contributed by atoms with Gasteiger partial charge in [0.1, 0.15) is 5.69 Å². The van der Waals surface area contributed by atoms with Gasteiger partial charge in [-0.05, 0) is 25.1 Å². The van der Waals surface area contributed by atoms with Crippen LogP contribution in [0.15, 0.2) is 35.3 Å². The molecule has 2 aromatic rings. The maximum atomic E-state index is 11.4. The fraction of sp³-hybridized carbons (Fsp3) is 0.182. The van der Waals surface area contributed by atoms with Crippen LogP contribution in [0.4, 0.5) is 0 Å². The second-order valence-corrected chi connectivity index (χ2v) is 3.54. The molecule has 2 rings (SSSR count). The number of H-pyrrole nitrogens is 1.